The molecule has 3 N–H and O–H groups in total. The lowest BCUT2D eigenvalue weighted by Gasteiger charge is -2.27. The molecule has 0 spiro atoms. The fourth-order valence-electron chi connectivity index (χ4n) is 2.71. The average Bonchev–Trinajstić information content (AvgIpc) is 2.61. The number of H-pyrrole nitrogens is 1. The molecule has 0 unspecified atom stereocenters. The molecule has 2 rings (SSSR count). The second-order valence-corrected chi connectivity index (χ2v) is 5.17. The van der Waals surface area contributed by atoms with Crippen LogP contribution in [0.2, 0.25) is 0 Å². The molecule has 5 nitrogen and oxygen atoms in total. The highest BCUT2D eigenvalue weighted by Crippen LogP contribution is 2.24. The minimum absolute atomic E-state index is 0.00866. The van der Waals surface area contributed by atoms with Crippen LogP contribution in [-0.2, 0) is 0 Å². The van der Waals surface area contributed by atoms with Gasteiger partial charge in [0.15, 0.2) is 5.82 Å². The molecule has 100 valence electrons. The number of hydrogen-bond donors (Lipinski definition) is 2. The van der Waals surface area contributed by atoms with Gasteiger partial charge in [0, 0.05) is 18.8 Å². The van der Waals surface area contributed by atoms with E-state index < -0.39 is 0 Å². The lowest BCUT2D eigenvalue weighted by atomic mass is 10.1. The third-order valence-electron chi connectivity index (χ3n) is 3.88. The van der Waals surface area contributed by atoms with Gasteiger partial charge in [-0.3, -0.25) is 9.89 Å². The SMILES string of the molecule is Cc1[nH]nc(N)c1C(=O)N(C)C1CCCCCC1. The summed E-state index contributed by atoms with van der Waals surface area (Å²) in [5, 5.41) is 6.65. The van der Waals surface area contributed by atoms with Gasteiger partial charge in [-0.15, -0.1) is 0 Å². The number of hydrogen-bond acceptors (Lipinski definition) is 3. The number of nitrogens with one attached hydrogen (secondary N) is 1. The van der Waals surface area contributed by atoms with Gasteiger partial charge in [-0.25, -0.2) is 0 Å². The first-order valence-electron chi connectivity index (χ1n) is 6.69. The molecule has 5 heteroatoms. The number of nitrogens with zero attached hydrogens (tertiary/aromatic N) is 2. The maximum atomic E-state index is 12.4. The zero-order valence-electron chi connectivity index (χ0n) is 11.2. The summed E-state index contributed by atoms with van der Waals surface area (Å²) in [6.45, 7) is 1.83. The minimum Gasteiger partial charge on any atom is -0.382 e. The fourth-order valence-corrected chi connectivity index (χ4v) is 2.71. The average molecular weight is 250 g/mol. The number of carbonyl (C=O) groups excluding carboxylic acids is 1. The molecule has 1 amide bonds. The Morgan fingerprint density at radius 1 is 1.33 bits per heavy atom. The Kier molecular flexibility index (Phi) is 3.89. The van der Waals surface area contributed by atoms with E-state index in [1.807, 2.05) is 18.9 Å². The Hall–Kier alpha value is -1.52. The van der Waals surface area contributed by atoms with Gasteiger partial charge >= 0.3 is 0 Å². The molecule has 0 aliphatic heterocycles. The van der Waals surface area contributed by atoms with Crippen LogP contribution in [-0.4, -0.2) is 34.1 Å². The highest BCUT2D eigenvalue weighted by Gasteiger charge is 2.25. The fraction of sp³-hybridized carbons (Fsp3) is 0.692. The molecular formula is C13H22N4O. The van der Waals surface area contributed by atoms with Crippen LogP contribution in [0.4, 0.5) is 5.82 Å². The number of amides is 1. The van der Waals surface area contributed by atoms with E-state index in [9.17, 15) is 4.79 Å². The smallest absolute Gasteiger partial charge is 0.259 e. The molecule has 0 bridgehead atoms. The number of aromatic nitrogens is 2. The topological polar surface area (TPSA) is 75.0 Å². The van der Waals surface area contributed by atoms with Gasteiger partial charge in [-0.1, -0.05) is 25.7 Å². The van der Waals surface area contributed by atoms with Gasteiger partial charge in [0.2, 0.25) is 0 Å². The van der Waals surface area contributed by atoms with Crippen molar-refractivity contribution in [2.24, 2.45) is 0 Å². The van der Waals surface area contributed by atoms with E-state index in [1.165, 1.54) is 25.7 Å². The molecule has 1 heterocycles. The van der Waals surface area contributed by atoms with Crippen LogP contribution >= 0.6 is 0 Å². The lowest BCUT2D eigenvalue weighted by Crippen LogP contribution is -2.37. The van der Waals surface area contributed by atoms with Crippen LogP contribution < -0.4 is 5.73 Å². The Morgan fingerprint density at radius 2 is 1.94 bits per heavy atom. The van der Waals surface area contributed by atoms with Crippen LogP contribution in [0, 0.1) is 6.92 Å². The maximum absolute atomic E-state index is 12.4. The van der Waals surface area contributed by atoms with Crippen LogP contribution in [0.1, 0.15) is 54.6 Å². The number of aromatic amines is 1. The van der Waals surface area contributed by atoms with Crippen molar-refractivity contribution in [2.75, 3.05) is 12.8 Å². The quantitative estimate of drug-likeness (QED) is 0.789. The molecule has 1 aliphatic carbocycles. The second kappa shape index (κ2) is 5.42. The Bertz CT molecular complexity index is 399. The first-order chi connectivity index (χ1) is 8.61. The highest BCUT2D eigenvalue weighted by atomic mass is 16.2. The van der Waals surface area contributed by atoms with Crippen molar-refractivity contribution in [3.05, 3.63) is 11.3 Å². The van der Waals surface area contributed by atoms with E-state index >= 15 is 0 Å². The molecule has 0 radical (unpaired) electrons. The lowest BCUT2D eigenvalue weighted by molar-refractivity contribution is 0.0718. The largest absolute Gasteiger partial charge is 0.382 e. The predicted octanol–water partition coefficient (Wildman–Crippen LogP) is 2.10. The number of nitrogen functional groups attached to an aromatic ring is 1. The van der Waals surface area contributed by atoms with Crippen molar-refractivity contribution < 1.29 is 4.79 Å². The monoisotopic (exact) mass is 250 g/mol. The molecule has 0 saturated heterocycles. The van der Waals surface area contributed by atoms with Gasteiger partial charge < -0.3 is 10.6 Å². The Balaban J connectivity index is 2.12. The maximum Gasteiger partial charge on any atom is 0.259 e. The summed E-state index contributed by atoms with van der Waals surface area (Å²) in [7, 11) is 1.88. The summed E-state index contributed by atoms with van der Waals surface area (Å²) >= 11 is 0. The van der Waals surface area contributed by atoms with Gasteiger partial charge in [-0.05, 0) is 19.8 Å². The third-order valence-corrected chi connectivity index (χ3v) is 3.88. The van der Waals surface area contributed by atoms with Crippen molar-refractivity contribution in [2.45, 2.75) is 51.5 Å². The van der Waals surface area contributed by atoms with Crippen LogP contribution in [0.3, 0.4) is 0 Å². The van der Waals surface area contributed by atoms with E-state index in [0.717, 1.165) is 18.5 Å². The summed E-state index contributed by atoms with van der Waals surface area (Å²) in [6, 6.07) is 0.341. The molecule has 1 aromatic rings. The Morgan fingerprint density at radius 3 is 2.44 bits per heavy atom. The summed E-state index contributed by atoms with van der Waals surface area (Å²) in [5.74, 6) is 0.295. The number of anilines is 1. The van der Waals surface area contributed by atoms with Gasteiger partial charge in [0.25, 0.3) is 5.91 Å². The minimum atomic E-state index is -0.00866. The zero-order chi connectivity index (χ0) is 13.1. The molecule has 18 heavy (non-hydrogen) atoms. The van der Waals surface area contributed by atoms with Gasteiger partial charge in [0.05, 0.1) is 0 Å². The van der Waals surface area contributed by atoms with E-state index in [0.29, 0.717) is 17.4 Å². The summed E-state index contributed by atoms with van der Waals surface area (Å²) < 4.78 is 0. The van der Waals surface area contributed by atoms with E-state index in [1.54, 1.807) is 0 Å². The molecule has 1 saturated carbocycles. The molecule has 0 atom stereocenters. The van der Waals surface area contributed by atoms with Crippen molar-refractivity contribution in [1.82, 2.24) is 15.1 Å². The van der Waals surface area contributed by atoms with Crippen molar-refractivity contribution in [1.29, 1.82) is 0 Å². The first-order valence-corrected chi connectivity index (χ1v) is 6.69. The van der Waals surface area contributed by atoms with Gasteiger partial charge in [-0.2, -0.15) is 5.10 Å². The number of rotatable bonds is 2. The zero-order valence-corrected chi connectivity index (χ0v) is 11.2. The number of nitrogens with two attached hydrogens (primary N) is 1. The molecule has 1 fully saturated rings. The third kappa shape index (κ3) is 2.49. The van der Waals surface area contributed by atoms with Crippen molar-refractivity contribution in [3.63, 3.8) is 0 Å². The van der Waals surface area contributed by atoms with Crippen LogP contribution in [0.5, 0.6) is 0 Å². The van der Waals surface area contributed by atoms with Gasteiger partial charge in [0.1, 0.15) is 5.56 Å². The standard InChI is InChI=1S/C13H22N4O/c1-9-11(12(14)16-15-9)13(18)17(2)10-7-5-3-4-6-8-10/h10H,3-8H2,1-2H3,(H3,14,15,16). The molecular weight excluding hydrogens is 228 g/mol. The predicted molar refractivity (Wildman–Crippen MR) is 71.3 cm³/mol. The summed E-state index contributed by atoms with van der Waals surface area (Å²) in [4.78, 5) is 14.3. The van der Waals surface area contributed by atoms with Crippen molar-refractivity contribution >= 4 is 11.7 Å². The second-order valence-electron chi connectivity index (χ2n) is 5.17. The first kappa shape index (κ1) is 12.9. The molecule has 1 aromatic heterocycles. The van der Waals surface area contributed by atoms with Crippen molar-refractivity contribution in [3.8, 4) is 0 Å². The Labute approximate surface area is 108 Å². The number of carbonyl (C=O) groups is 1. The van der Waals surface area contributed by atoms with Crippen LogP contribution in [0.25, 0.3) is 0 Å². The molecule has 0 aromatic carbocycles. The summed E-state index contributed by atoms with van der Waals surface area (Å²) in [5.41, 5.74) is 7.03. The van der Waals surface area contributed by atoms with E-state index in [4.69, 9.17) is 5.73 Å². The molecule has 1 aliphatic rings. The number of aryl methyl sites for hydroxylation is 1. The summed E-state index contributed by atoms with van der Waals surface area (Å²) in [6.07, 6.45) is 7.18. The van der Waals surface area contributed by atoms with E-state index in [-0.39, 0.29) is 5.91 Å². The highest BCUT2D eigenvalue weighted by molar-refractivity contribution is 5.99. The normalized spacial score (nSPS) is 17.4. The van der Waals surface area contributed by atoms with E-state index in [2.05, 4.69) is 10.2 Å². The van der Waals surface area contributed by atoms with Crippen LogP contribution in [0.15, 0.2) is 0 Å².